The molecule has 0 aliphatic carbocycles. The number of carbonyl (C=O) groups is 1. The van der Waals surface area contributed by atoms with Gasteiger partial charge in [-0.3, -0.25) is 4.79 Å². The molecule has 0 atom stereocenters. The van der Waals surface area contributed by atoms with Crippen molar-refractivity contribution in [2.45, 2.75) is 6.42 Å². The van der Waals surface area contributed by atoms with E-state index in [1.807, 2.05) is 6.07 Å². The number of nitriles is 1. The summed E-state index contributed by atoms with van der Waals surface area (Å²) in [5, 5.41) is 17.5. The second kappa shape index (κ2) is 3.50. The predicted octanol–water partition coefficient (Wildman–Crippen LogP) is 0.914. The molecule has 0 aromatic heterocycles. The Balaban J connectivity index is 2.45. The van der Waals surface area contributed by atoms with Crippen LogP contribution < -0.4 is 9.47 Å². The summed E-state index contributed by atoms with van der Waals surface area (Å²) < 4.78 is 10.2. The Morgan fingerprint density at radius 1 is 1.47 bits per heavy atom. The van der Waals surface area contributed by atoms with Gasteiger partial charge in [-0.15, -0.1) is 0 Å². The van der Waals surface area contributed by atoms with Gasteiger partial charge in [-0.2, -0.15) is 5.26 Å². The number of nitrogens with zero attached hydrogens (tertiary/aromatic N) is 1. The summed E-state index contributed by atoms with van der Waals surface area (Å²) >= 11 is 0. The van der Waals surface area contributed by atoms with E-state index in [9.17, 15) is 4.79 Å². The molecule has 2 rings (SSSR count). The summed E-state index contributed by atoms with van der Waals surface area (Å²) in [4.78, 5) is 10.6. The number of ether oxygens (including phenoxy) is 2. The first-order valence-electron chi connectivity index (χ1n) is 4.25. The molecule has 5 heteroatoms. The van der Waals surface area contributed by atoms with Crippen molar-refractivity contribution in [1.82, 2.24) is 0 Å². The molecule has 5 nitrogen and oxygen atoms in total. The van der Waals surface area contributed by atoms with Crippen LogP contribution in [0.2, 0.25) is 0 Å². The Labute approximate surface area is 85.5 Å². The Morgan fingerprint density at radius 2 is 2.13 bits per heavy atom. The zero-order valence-corrected chi connectivity index (χ0v) is 7.69. The van der Waals surface area contributed by atoms with Crippen LogP contribution in [0.4, 0.5) is 0 Å². The van der Waals surface area contributed by atoms with Gasteiger partial charge in [-0.05, 0) is 11.6 Å². The standard InChI is InChI=1S/C10H7NO4/c11-4-7-2-9-8(14-5-15-9)1-6(7)3-10(12)13/h1-2H,3,5H2,(H,12,13). The van der Waals surface area contributed by atoms with Gasteiger partial charge >= 0.3 is 5.97 Å². The Bertz CT molecular complexity index is 461. The zero-order chi connectivity index (χ0) is 10.8. The van der Waals surface area contributed by atoms with Crippen molar-refractivity contribution in [3.05, 3.63) is 23.3 Å². The van der Waals surface area contributed by atoms with Crippen molar-refractivity contribution >= 4 is 5.97 Å². The Kier molecular flexibility index (Phi) is 2.18. The van der Waals surface area contributed by atoms with Crippen LogP contribution in [0, 0.1) is 11.3 Å². The third-order valence-electron chi connectivity index (χ3n) is 2.06. The first kappa shape index (κ1) is 9.34. The second-order valence-corrected chi connectivity index (χ2v) is 3.04. The molecular formula is C10H7NO4. The van der Waals surface area contributed by atoms with Crippen LogP contribution in [0.1, 0.15) is 11.1 Å². The summed E-state index contributed by atoms with van der Waals surface area (Å²) in [6, 6.07) is 4.97. The van der Waals surface area contributed by atoms with Crippen molar-refractivity contribution in [3.63, 3.8) is 0 Å². The van der Waals surface area contributed by atoms with E-state index in [0.717, 1.165) is 0 Å². The Hall–Kier alpha value is -2.22. The topological polar surface area (TPSA) is 79.6 Å². The molecule has 0 fully saturated rings. The summed E-state index contributed by atoms with van der Waals surface area (Å²) in [5.41, 5.74) is 0.746. The predicted molar refractivity (Wildman–Crippen MR) is 48.6 cm³/mol. The van der Waals surface area contributed by atoms with E-state index < -0.39 is 5.97 Å². The van der Waals surface area contributed by atoms with Gasteiger partial charge < -0.3 is 14.6 Å². The number of hydrogen-bond donors (Lipinski definition) is 1. The minimum Gasteiger partial charge on any atom is -0.481 e. The molecule has 76 valence electrons. The fraction of sp³-hybridized carbons (Fsp3) is 0.200. The lowest BCUT2D eigenvalue weighted by Gasteiger charge is -2.02. The lowest BCUT2D eigenvalue weighted by Crippen LogP contribution is -2.02. The molecule has 0 spiro atoms. The fourth-order valence-corrected chi connectivity index (χ4v) is 1.40. The van der Waals surface area contributed by atoms with Crippen molar-refractivity contribution in [1.29, 1.82) is 5.26 Å². The molecule has 15 heavy (non-hydrogen) atoms. The fourth-order valence-electron chi connectivity index (χ4n) is 1.40. The molecule has 1 heterocycles. The molecule has 1 aromatic carbocycles. The van der Waals surface area contributed by atoms with Gasteiger partial charge in [0.15, 0.2) is 11.5 Å². The van der Waals surface area contributed by atoms with E-state index in [4.69, 9.17) is 19.8 Å². The summed E-state index contributed by atoms with van der Waals surface area (Å²) in [6.45, 7) is 0.108. The monoisotopic (exact) mass is 205 g/mol. The van der Waals surface area contributed by atoms with Crippen LogP contribution in [0.25, 0.3) is 0 Å². The molecule has 1 N–H and O–H groups in total. The first-order chi connectivity index (χ1) is 7.20. The average Bonchev–Trinajstić information content (AvgIpc) is 2.62. The smallest absolute Gasteiger partial charge is 0.307 e. The molecule has 0 saturated heterocycles. The van der Waals surface area contributed by atoms with Crippen molar-refractivity contribution in [3.8, 4) is 17.6 Å². The maximum absolute atomic E-state index is 10.6. The lowest BCUT2D eigenvalue weighted by atomic mass is 10.0. The van der Waals surface area contributed by atoms with Gasteiger partial charge in [0.05, 0.1) is 18.1 Å². The molecule has 1 aliphatic rings. The van der Waals surface area contributed by atoms with Crippen molar-refractivity contribution in [2.75, 3.05) is 6.79 Å². The van der Waals surface area contributed by atoms with Gasteiger partial charge in [0.2, 0.25) is 6.79 Å². The van der Waals surface area contributed by atoms with E-state index in [0.29, 0.717) is 22.6 Å². The molecule has 0 unspecified atom stereocenters. The number of carboxylic acid groups (broad SMARTS) is 1. The van der Waals surface area contributed by atoms with Crippen LogP contribution in [0.5, 0.6) is 11.5 Å². The molecule has 0 bridgehead atoms. The van der Waals surface area contributed by atoms with Gasteiger partial charge in [-0.25, -0.2) is 0 Å². The number of aliphatic carboxylic acids is 1. The molecule has 0 radical (unpaired) electrons. The molecular weight excluding hydrogens is 198 g/mol. The number of fused-ring (bicyclic) bond motifs is 1. The van der Waals surface area contributed by atoms with Crippen LogP contribution >= 0.6 is 0 Å². The highest BCUT2D eigenvalue weighted by atomic mass is 16.7. The number of carboxylic acids is 1. The number of hydrogen-bond acceptors (Lipinski definition) is 4. The minimum absolute atomic E-state index is 0.108. The zero-order valence-electron chi connectivity index (χ0n) is 7.69. The van der Waals surface area contributed by atoms with Crippen molar-refractivity contribution in [2.24, 2.45) is 0 Å². The first-order valence-corrected chi connectivity index (χ1v) is 4.25. The van der Waals surface area contributed by atoms with E-state index in [2.05, 4.69) is 0 Å². The third-order valence-corrected chi connectivity index (χ3v) is 2.06. The quantitative estimate of drug-likeness (QED) is 0.776. The molecule has 0 saturated carbocycles. The number of benzene rings is 1. The van der Waals surface area contributed by atoms with Crippen LogP contribution in [-0.2, 0) is 11.2 Å². The SMILES string of the molecule is N#Cc1cc2c(cc1CC(=O)O)OCO2. The highest BCUT2D eigenvalue weighted by molar-refractivity contribution is 5.72. The van der Waals surface area contributed by atoms with Crippen LogP contribution in [0.15, 0.2) is 12.1 Å². The third kappa shape index (κ3) is 1.70. The Morgan fingerprint density at radius 3 is 2.73 bits per heavy atom. The van der Waals surface area contributed by atoms with E-state index in [1.165, 1.54) is 12.1 Å². The van der Waals surface area contributed by atoms with Crippen LogP contribution in [0.3, 0.4) is 0 Å². The van der Waals surface area contributed by atoms with E-state index >= 15 is 0 Å². The highest BCUT2D eigenvalue weighted by Gasteiger charge is 2.18. The van der Waals surface area contributed by atoms with Gasteiger partial charge in [0, 0.05) is 6.07 Å². The van der Waals surface area contributed by atoms with Crippen molar-refractivity contribution < 1.29 is 19.4 Å². The summed E-state index contributed by atoms with van der Waals surface area (Å²) in [6.07, 6.45) is -0.195. The number of rotatable bonds is 2. The minimum atomic E-state index is -0.981. The highest BCUT2D eigenvalue weighted by Crippen LogP contribution is 2.34. The van der Waals surface area contributed by atoms with Gasteiger partial charge in [0.25, 0.3) is 0 Å². The van der Waals surface area contributed by atoms with E-state index in [-0.39, 0.29) is 13.2 Å². The van der Waals surface area contributed by atoms with Crippen LogP contribution in [-0.4, -0.2) is 17.9 Å². The van der Waals surface area contributed by atoms with Gasteiger partial charge in [-0.1, -0.05) is 0 Å². The maximum atomic E-state index is 10.6. The second-order valence-electron chi connectivity index (χ2n) is 3.04. The summed E-state index contributed by atoms with van der Waals surface area (Å²) in [5.74, 6) is -0.00342. The lowest BCUT2D eigenvalue weighted by molar-refractivity contribution is -0.136. The van der Waals surface area contributed by atoms with Gasteiger partial charge in [0.1, 0.15) is 0 Å². The average molecular weight is 205 g/mol. The normalized spacial score (nSPS) is 12.2. The summed E-state index contributed by atoms with van der Waals surface area (Å²) in [7, 11) is 0. The maximum Gasteiger partial charge on any atom is 0.307 e. The molecule has 0 amide bonds. The largest absolute Gasteiger partial charge is 0.481 e. The van der Waals surface area contributed by atoms with E-state index in [1.54, 1.807) is 0 Å². The molecule has 1 aromatic rings. The molecule has 1 aliphatic heterocycles.